The number of likely N-dealkylation sites (N-methyl/N-ethyl adjacent to an activating group) is 1. The van der Waals surface area contributed by atoms with Gasteiger partial charge in [0.1, 0.15) is 18.0 Å². The highest BCUT2D eigenvalue weighted by atomic mass is 16.5. The molecule has 1 aliphatic carbocycles. The Morgan fingerprint density at radius 3 is 2.68 bits per heavy atom. The zero-order valence-electron chi connectivity index (χ0n) is 25.2. The summed E-state index contributed by atoms with van der Waals surface area (Å²) in [6.07, 6.45) is 6.91. The van der Waals surface area contributed by atoms with Crippen LogP contribution in [0.2, 0.25) is 0 Å². The van der Waals surface area contributed by atoms with Gasteiger partial charge in [-0.3, -0.25) is 9.59 Å². The highest BCUT2D eigenvalue weighted by Crippen LogP contribution is 2.27. The summed E-state index contributed by atoms with van der Waals surface area (Å²) in [4.78, 5) is 32.8. The normalized spacial score (nSPS) is 19.3. The number of nitrogens with one attached hydrogen (secondary N) is 1. The highest BCUT2D eigenvalue weighted by Gasteiger charge is 2.26. The lowest BCUT2D eigenvalue weighted by Gasteiger charge is -2.30. The summed E-state index contributed by atoms with van der Waals surface area (Å²) in [6, 6.07) is 7.89. The molecule has 0 radical (unpaired) electrons. The number of carbonyl (C=O) groups is 1. The number of nitrogens with zero attached hydrogens (tertiary/aromatic N) is 4. The van der Waals surface area contributed by atoms with E-state index in [-0.39, 0.29) is 29.8 Å². The summed E-state index contributed by atoms with van der Waals surface area (Å²) in [5.41, 5.74) is 4.53. The minimum absolute atomic E-state index is 0.00980. The van der Waals surface area contributed by atoms with Gasteiger partial charge in [-0.05, 0) is 75.8 Å². The molecule has 222 valence electrons. The van der Waals surface area contributed by atoms with Crippen LogP contribution in [0.4, 0.5) is 0 Å². The van der Waals surface area contributed by atoms with Crippen LogP contribution in [0, 0.1) is 12.8 Å². The van der Waals surface area contributed by atoms with Crippen LogP contribution in [0.1, 0.15) is 57.1 Å². The molecule has 3 aromatic rings. The van der Waals surface area contributed by atoms with Crippen LogP contribution in [-0.4, -0.2) is 70.0 Å². The second-order valence-corrected chi connectivity index (χ2v) is 12.4. The van der Waals surface area contributed by atoms with E-state index in [9.17, 15) is 9.59 Å². The number of aryl methyl sites for hydroxylation is 2. The highest BCUT2D eigenvalue weighted by molar-refractivity contribution is 5.81. The number of carbonyl (C=O) groups excluding carboxylic acids is 1. The number of ether oxygens (including phenoxy) is 2. The zero-order chi connectivity index (χ0) is 29.1. The van der Waals surface area contributed by atoms with Crippen molar-refractivity contribution < 1.29 is 14.3 Å². The van der Waals surface area contributed by atoms with Crippen molar-refractivity contribution in [1.29, 1.82) is 0 Å². The summed E-state index contributed by atoms with van der Waals surface area (Å²) in [6.45, 7) is 9.80. The molecule has 5 rings (SSSR count). The second kappa shape index (κ2) is 12.9. The molecule has 1 N–H and O–H groups in total. The molecule has 0 amide bonds. The lowest BCUT2D eigenvalue weighted by Crippen LogP contribution is -2.42. The van der Waals surface area contributed by atoms with Crippen LogP contribution in [0.5, 0.6) is 0 Å². The van der Waals surface area contributed by atoms with Gasteiger partial charge in [-0.2, -0.15) is 0 Å². The number of fused-ring (bicyclic) bond motifs is 1. The topological polar surface area (TPSA) is 90.6 Å². The third-order valence-corrected chi connectivity index (χ3v) is 8.29. The first kappa shape index (κ1) is 29.5. The Kier molecular flexibility index (Phi) is 9.26. The molecular weight excluding hydrogens is 518 g/mol. The summed E-state index contributed by atoms with van der Waals surface area (Å²) < 4.78 is 15.8. The molecule has 1 saturated heterocycles. The van der Waals surface area contributed by atoms with Crippen molar-refractivity contribution in [1.82, 2.24) is 24.3 Å². The standard InChI is InChI=1S/C32H45N5O4/c1-21(2)14-28(32(39)41-25-8-6-7-9-25)33-17-23-10-11-29-27(16-23)34-30(24-15-22(3)31(38)36(5)18-24)37(29)20-26-19-35(4)12-13-40-26/h10-11,15-16,18,21,25-26,28,33H,6-9,12-14,17,19-20H2,1-5H3/t26?,28-/m0/s1. The minimum atomic E-state index is -0.339. The lowest BCUT2D eigenvalue weighted by atomic mass is 10.0. The van der Waals surface area contributed by atoms with Crippen molar-refractivity contribution in [2.75, 3.05) is 26.7 Å². The van der Waals surface area contributed by atoms with E-state index in [2.05, 4.69) is 53.9 Å². The molecule has 0 bridgehead atoms. The van der Waals surface area contributed by atoms with Crippen LogP contribution in [0.15, 0.2) is 35.3 Å². The monoisotopic (exact) mass is 563 g/mol. The maximum Gasteiger partial charge on any atom is 0.323 e. The summed E-state index contributed by atoms with van der Waals surface area (Å²) in [5, 5.41) is 3.48. The molecule has 1 aliphatic heterocycles. The van der Waals surface area contributed by atoms with Crippen LogP contribution < -0.4 is 10.9 Å². The van der Waals surface area contributed by atoms with Crippen LogP contribution >= 0.6 is 0 Å². The Balaban J connectivity index is 1.42. The number of imidazole rings is 1. The number of esters is 1. The van der Waals surface area contributed by atoms with Gasteiger partial charge in [-0.25, -0.2) is 4.98 Å². The van der Waals surface area contributed by atoms with Gasteiger partial charge in [0.2, 0.25) is 0 Å². The van der Waals surface area contributed by atoms with E-state index in [1.54, 1.807) is 11.6 Å². The summed E-state index contributed by atoms with van der Waals surface area (Å²) in [7, 11) is 3.90. The molecular formula is C32H45N5O4. The maximum absolute atomic E-state index is 13.0. The third kappa shape index (κ3) is 7.08. The largest absolute Gasteiger partial charge is 0.461 e. The van der Waals surface area contributed by atoms with E-state index in [4.69, 9.17) is 14.5 Å². The Hall–Kier alpha value is -3.01. The van der Waals surface area contributed by atoms with Crippen molar-refractivity contribution in [3.05, 3.63) is 51.9 Å². The fourth-order valence-corrected chi connectivity index (χ4v) is 6.10. The number of pyridine rings is 1. The predicted molar refractivity (Wildman–Crippen MR) is 161 cm³/mol. The second-order valence-electron chi connectivity index (χ2n) is 12.4. The Labute approximate surface area is 242 Å². The number of morpholine rings is 1. The molecule has 9 nitrogen and oxygen atoms in total. The minimum Gasteiger partial charge on any atom is -0.461 e. The quantitative estimate of drug-likeness (QED) is 0.373. The van der Waals surface area contributed by atoms with Crippen LogP contribution in [0.25, 0.3) is 22.4 Å². The SMILES string of the molecule is Cc1cc(-c2nc3cc(CN[C@@H](CC(C)C)C(=O)OC4CCCC4)ccc3n2CC2CN(C)CCO2)cn(C)c1=O. The Morgan fingerprint density at radius 1 is 1.20 bits per heavy atom. The third-order valence-electron chi connectivity index (χ3n) is 8.29. The first-order valence-electron chi connectivity index (χ1n) is 15.1. The Bertz CT molecular complexity index is 1400. The van der Waals surface area contributed by atoms with Crippen molar-refractivity contribution >= 4 is 17.0 Å². The smallest absolute Gasteiger partial charge is 0.323 e. The van der Waals surface area contributed by atoms with E-state index in [1.807, 2.05) is 19.2 Å². The van der Waals surface area contributed by atoms with Crippen LogP contribution in [0.3, 0.4) is 0 Å². The first-order valence-corrected chi connectivity index (χ1v) is 15.1. The molecule has 3 heterocycles. The summed E-state index contributed by atoms with van der Waals surface area (Å²) >= 11 is 0. The lowest BCUT2D eigenvalue weighted by molar-refractivity contribution is -0.151. The van der Waals surface area contributed by atoms with E-state index in [0.717, 1.165) is 73.2 Å². The molecule has 2 aliphatic rings. The number of benzene rings is 1. The van der Waals surface area contributed by atoms with Gasteiger partial charge in [0, 0.05) is 44.0 Å². The van der Waals surface area contributed by atoms with E-state index in [1.165, 1.54) is 0 Å². The van der Waals surface area contributed by atoms with E-state index in [0.29, 0.717) is 31.2 Å². The number of hydrogen-bond acceptors (Lipinski definition) is 7. The van der Waals surface area contributed by atoms with Crippen molar-refractivity contribution in [2.24, 2.45) is 13.0 Å². The van der Waals surface area contributed by atoms with Gasteiger partial charge in [-0.15, -0.1) is 0 Å². The van der Waals surface area contributed by atoms with Crippen molar-refractivity contribution in [2.45, 2.75) is 84.2 Å². The predicted octanol–water partition coefficient (Wildman–Crippen LogP) is 4.03. The fraction of sp³-hybridized carbons (Fsp3) is 0.594. The van der Waals surface area contributed by atoms with Gasteiger partial charge < -0.3 is 28.8 Å². The molecule has 2 fully saturated rings. The average molecular weight is 564 g/mol. The molecule has 0 spiro atoms. The zero-order valence-corrected chi connectivity index (χ0v) is 25.2. The summed E-state index contributed by atoms with van der Waals surface area (Å²) in [5.74, 6) is 1.05. The van der Waals surface area contributed by atoms with Gasteiger partial charge in [0.05, 0.1) is 30.3 Å². The number of hydrogen-bond donors (Lipinski definition) is 1. The van der Waals surface area contributed by atoms with Gasteiger partial charge in [0.25, 0.3) is 5.56 Å². The van der Waals surface area contributed by atoms with Crippen molar-refractivity contribution in [3.63, 3.8) is 0 Å². The average Bonchev–Trinajstić information content (AvgIpc) is 3.57. The Morgan fingerprint density at radius 2 is 1.98 bits per heavy atom. The number of aromatic nitrogens is 3. The molecule has 2 aromatic heterocycles. The molecule has 2 atom stereocenters. The van der Waals surface area contributed by atoms with Gasteiger partial charge in [0.15, 0.2) is 0 Å². The maximum atomic E-state index is 13.0. The van der Waals surface area contributed by atoms with E-state index < -0.39 is 0 Å². The van der Waals surface area contributed by atoms with Gasteiger partial charge >= 0.3 is 5.97 Å². The molecule has 1 saturated carbocycles. The van der Waals surface area contributed by atoms with Crippen LogP contribution in [-0.2, 0) is 34.4 Å². The first-order chi connectivity index (χ1) is 19.7. The molecule has 1 unspecified atom stereocenters. The van der Waals surface area contributed by atoms with Crippen molar-refractivity contribution in [3.8, 4) is 11.4 Å². The number of rotatable bonds is 10. The fourth-order valence-electron chi connectivity index (χ4n) is 6.10. The van der Waals surface area contributed by atoms with E-state index >= 15 is 0 Å². The molecule has 41 heavy (non-hydrogen) atoms. The molecule has 9 heteroatoms. The molecule has 1 aromatic carbocycles. The van der Waals surface area contributed by atoms with Gasteiger partial charge in [-0.1, -0.05) is 19.9 Å².